The van der Waals surface area contributed by atoms with Gasteiger partial charge in [-0.25, -0.2) is 4.79 Å². The quantitative estimate of drug-likeness (QED) is 0.694. The molecule has 0 amide bonds. The van der Waals surface area contributed by atoms with Crippen molar-refractivity contribution in [1.82, 2.24) is 0 Å². The molecule has 4 heteroatoms. The van der Waals surface area contributed by atoms with Crippen LogP contribution < -0.4 is 9.47 Å². The van der Waals surface area contributed by atoms with Crippen LogP contribution in [0.2, 0.25) is 0 Å². The van der Waals surface area contributed by atoms with Crippen molar-refractivity contribution in [2.45, 2.75) is 12.8 Å². The Kier molecular flexibility index (Phi) is 2.28. The Morgan fingerprint density at radius 1 is 1.35 bits per heavy atom. The fourth-order valence-corrected chi connectivity index (χ4v) is 2.30. The molecule has 1 aromatic carbocycles. The molecule has 1 aliphatic heterocycles. The number of allylic oxidation sites excluding steroid dienone is 1. The Bertz CT molecular complexity index is 516. The maximum Gasteiger partial charge on any atom is 0.338 e. The lowest BCUT2D eigenvalue weighted by Crippen LogP contribution is -2.10. The molecule has 1 aliphatic carbocycles. The smallest absolute Gasteiger partial charge is 0.338 e. The maximum atomic E-state index is 11.7. The molecule has 0 saturated carbocycles. The average Bonchev–Trinajstić information content (AvgIpc) is 2.85. The van der Waals surface area contributed by atoms with Crippen molar-refractivity contribution in [1.29, 1.82) is 0 Å². The molecule has 0 N–H and O–H groups in total. The summed E-state index contributed by atoms with van der Waals surface area (Å²) in [6.07, 6.45) is 3.59. The van der Waals surface area contributed by atoms with Crippen LogP contribution in [0.1, 0.15) is 17.5 Å². The van der Waals surface area contributed by atoms with E-state index in [9.17, 15) is 4.79 Å². The predicted octanol–water partition coefficient (Wildman–Crippen LogP) is 1.92. The highest BCUT2D eigenvalue weighted by Crippen LogP contribution is 2.42. The standard InChI is InChI=1S/C13H12O4/c1-15-13(14)10-4-2-3-9-8(10)5-6-11-12(9)17-7-16-11/h4-6H,2-3,7H2,1H3. The summed E-state index contributed by atoms with van der Waals surface area (Å²) in [5.41, 5.74) is 2.56. The summed E-state index contributed by atoms with van der Waals surface area (Å²) in [4.78, 5) is 11.7. The Labute approximate surface area is 98.8 Å². The van der Waals surface area contributed by atoms with Crippen molar-refractivity contribution in [3.05, 3.63) is 29.3 Å². The molecule has 4 nitrogen and oxygen atoms in total. The number of carbonyl (C=O) groups excluding carboxylic acids is 1. The van der Waals surface area contributed by atoms with Crippen LogP contribution in [0, 0.1) is 0 Å². The third-order valence-electron chi connectivity index (χ3n) is 3.08. The second-order valence-corrected chi connectivity index (χ2v) is 3.97. The number of benzene rings is 1. The van der Waals surface area contributed by atoms with E-state index in [0.717, 1.165) is 35.5 Å². The molecule has 0 bridgehead atoms. The lowest BCUT2D eigenvalue weighted by molar-refractivity contribution is -0.133. The van der Waals surface area contributed by atoms with E-state index in [1.54, 1.807) is 0 Å². The number of hydrogen-bond acceptors (Lipinski definition) is 4. The summed E-state index contributed by atoms with van der Waals surface area (Å²) in [5.74, 6) is 1.23. The highest BCUT2D eigenvalue weighted by molar-refractivity contribution is 6.17. The van der Waals surface area contributed by atoms with E-state index in [4.69, 9.17) is 14.2 Å². The van der Waals surface area contributed by atoms with Crippen LogP contribution in [0.25, 0.3) is 5.57 Å². The number of carbonyl (C=O) groups is 1. The van der Waals surface area contributed by atoms with Gasteiger partial charge < -0.3 is 14.2 Å². The van der Waals surface area contributed by atoms with Gasteiger partial charge in [0.1, 0.15) is 0 Å². The van der Waals surface area contributed by atoms with Crippen molar-refractivity contribution in [2.75, 3.05) is 13.9 Å². The first kappa shape index (κ1) is 10.2. The summed E-state index contributed by atoms with van der Waals surface area (Å²) in [7, 11) is 1.39. The zero-order valence-electron chi connectivity index (χ0n) is 9.49. The van der Waals surface area contributed by atoms with Crippen LogP contribution >= 0.6 is 0 Å². The van der Waals surface area contributed by atoms with Crippen molar-refractivity contribution in [2.24, 2.45) is 0 Å². The minimum absolute atomic E-state index is 0.253. The number of esters is 1. The Morgan fingerprint density at radius 2 is 2.24 bits per heavy atom. The minimum Gasteiger partial charge on any atom is -0.465 e. The lowest BCUT2D eigenvalue weighted by atomic mass is 9.90. The maximum absolute atomic E-state index is 11.7. The monoisotopic (exact) mass is 232 g/mol. The van der Waals surface area contributed by atoms with Crippen LogP contribution in [0.4, 0.5) is 0 Å². The van der Waals surface area contributed by atoms with E-state index in [2.05, 4.69) is 0 Å². The van der Waals surface area contributed by atoms with Gasteiger partial charge in [-0.05, 0) is 30.5 Å². The number of hydrogen-bond donors (Lipinski definition) is 0. The van der Waals surface area contributed by atoms with Gasteiger partial charge in [0, 0.05) is 5.56 Å². The Morgan fingerprint density at radius 3 is 3.06 bits per heavy atom. The van der Waals surface area contributed by atoms with E-state index in [-0.39, 0.29) is 12.8 Å². The third-order valence-corrected chi connectivity index (χ3v) is 3.08. The van der Waals surface area contributed by atoms with Crippen LogP contribution in [-0.2, 0) is 16.0 Å². The van der Waals surface area contributed by atoms with Crippen molar-refractivity contribution in [3.63, 3.8) is 0 Å². The summed E-state index contributed by atoms with van der Waals surface area (Å²) < 4.78 is 15.6. The minimum atomic E-state index is -0.301. The van der Waals surface area contributed by atoms with Gasteiger partial charge in [-0.1, -0.05) is 6.08 Å². The molecule has 0 radical (unpaired) electrons. The first-order valence-corrected chi connectivity index (χ1v) is 5.51. The lowest BCUT2D eigenvalue weighted by Gasteiger charge is -2.17. The average molecular weight is 232 g/mol. The molecule has 17 heavy (non-hydrogen) atoms. The van der Waals surface area contributed by atoms with Crippen LogP contribution in [0.5, 0.6) is 11.5 Å². The van der Waals surface area contributed by atoms with Gasteiger partial charge >= 0.3 is 5.97 Å². The number of fused-ring (bicyclic) bond motifs is 3. The molecule has 0 unspecified atom stereocenters. The van der Waals surface area contributed by atoms with E-state index in [1.807, 2.05) is 18.2 Å². The molecule has 0 fully saturated rings. The van der Waals surface area contributed by atoms with Gasteiger partial charge in [0.2, 0.25) is 6.79 Å². The van der Waals surface area contributed by atoms with Gasteiger partial charge in [-0.2, -0.15) is 0 Å². The van der Waals surface area contributed by atoms with Gasteiger partial charge in [0.05, 0.1) is 12.7 Å². The zero-order valence-corrected chi connectivity index (χ0v) is 9.49. The highest BCUT2D eigenvalue weighted by atomic mass is 16.7. The second kappa shape index (κ2) is 3.80. The third kappa shape index (κ3) is 1.48. The molecular weight excluding hydrogens is 220 g/mol. The topological polar surface area (TPSA) is 44.8 Å². The van der Waals surface area contributed by atoms with E-state index < -0.39 is 0 Å². The van der Waals surface area contributed by atoms with Crippen LogP contribution in [-0.4, -0.2) is 19.9 Å². The molecule has 1 aromatic rings. The fourth-order valence-electron chi connectivity index (χ4n) is 2.30. The molecule has 1 heterocycles. The first-order valence-electron chi connectivity index (χ1n) is 5.51. The number of rotatable bonds is 1. The number of ether oxygens (including phenoxy) is 3. The molecule has 0 aromatic heterocycles. The van der Waals surface area contributed by atoms with E-state index in [1.165, 1.54) is 7.11 Å². The molecule has 0 spiro atoms. The van der Waals surface area contributed by atoms with E-state index >= 15 is 0 Å². The van der Waals surface area contributed by atoms with Gasteiger partial charge in [0.15, 0.2) is 11.5 Å². The second-order valence-electron chi connectivity index (χ2n) is 3.97. The van der Waals surface area contributed by atoms with Gasteiger partial charge in [-0.3, -0.25) is 0 Å². The van der Waals surface area contributed by atoms with Crippen molar-refractivity contribution >= 4 is 11.5 Å². The molecular formula is C13H12O4. The zero-order chi connectivity index (χ0) is 11.8. The Balaban J connectivity index is 2.12. The molecule has 88 valence electrons. The fraction of sp³-hybridized carbons (Fsp3) is 0.308. The van der Waals surface area contributed by atoms with Crippen molar-refractivity contribution < 1.29 is 19.0 Å². The summed E-state index contributed by atoms with van der Waals surface area (Å²) in [6, 6.07) is 3.73. The largest absolute Gasteiger partial charge is 0.465 e. The first-order chi connectivity index (χ1) is 8.31. The molecule has 2 aliphatic rings. The number of methoxy groups -OCH3 is 1. The predicted molar refractivity (Wildman–Crippen MR) is 60.9 cm³/mol. The van der Waals surface area contributed by atoms with Gasteiger partial charge in [-0.15, -0.1) is 0 Å². The molecule has 0 saturated heterocycles. The highest BCUT2D eigenvalue weighted by Gasteiger charge is 2.26. The summed E-state index contributed by atoms with van der Waals surface area (Å²) in [5, 5.41) is 0. The normalized spacial score (nSPS) is 16.2. The molecule has 0 atom stereocenters. The van der Waals surface area contributed by atoms with Crippen LogP contribution in [0.3, 0.4) is 0 Å². The molecule has 3 rings (SSSR count). The van der Waals surface area contributed by atoms with Crippen LogP contribution in [0.15, 0.2) is 18.2 Å². The summed E-state index contributed by atoms with van der Waals surface area (Å²) in [6.45, 7) is 0.253. The van der Waals surface area contributed by atoms with Gasteiger partial charge in [0.25, 0.3) is 0 Å². The van der Waals surface area contributed by atoms with E-state index in [0.29, 0.717) is 5.57 Å². The SMILES string of the molecule is COC(=O)C1=CCCc2c1ccc1c2OCO1. The Hall–Kier alpha value is -1.97. The van der Waals surface area contributed by atoms with Crippen molar-refractivity contribution in [3.8, 4) is 11.5 Å². The summed E-state index contributed by atoms with van der Waals surface area (Å²) >= 11 is 0.